The molecule has 1 N–H and O–H groups in total. The third kappa shape index (κ3) is 2.51. The van der Waals surface area contributed by atoms with Crippen LogP contribution in [0.1, 0.15) is 17.4 Å². The van der Waals surface area contributed by atoms with Gasteiger partial charge in [-0.3, -0.25) is 9.59 Å². The van der Waals surface area contributed by atoms with Gasteiger partial charge in [-0.2, -0.15) is 4.42 Å². The van der Waals surface area contributed by atoms with Crippen molar-refractivity contribution in [1.29, 1.82) is 0 Å². The van der Waals surface area contributed by atoms with Crippen molar-refractivity contribution in [2.24, 2.45) is 0 Å². The molecule has 8 heteroatoms. The minimum atomic E-state index is -1.60. The topological polar surface area (TPSA) is 87.6 Å². The summed E-state index contributed by atoms with van der Waals surface area (Å²) < 4.78 is 0.712. The number of ketones is 1. The molecule has 0 saturated heterocycles. The van der Waals surface area contributed by atoms with Crippen molar-refractivity contribution >= 4 is 45.9 Å². The van der Waals surface area contributed by atoms with Crippen LogP contribution in [0.4, 0.5) is 5.13 Å². The van der Waals surface area contributed by atoms with E-state index in [-0.39, 0.29) is 10.8 Å². The molecule has 0 aromatic carbocycles. The number of anilines is 1. The molecule has 0 atom stereocenters. The summed E-state index contributed by atoms with van der Waals surface area (Å²) in [6.45, 7) is 1.22. The van der Waals surface area contributed by atoms with Crippen LogP contribution in [0.15, 0.2) is 5.38 Å². The molecule has 1 amide bonds. The zero-order chi connectivity index (χ0) is 11.6. The molecular formula is C7H5ClN2O4S. The molecule has 6 nitrogen and oxygen atoms in total. The van der Waals surface area contributed by atoms with Crippen molar-refractivity contribution in [1.82, 2.24) is 4.98 Å². The first-order valence-corrected chi connectivity index (χ1v) is 4.85. The van der Waals surface area contributed by atoms with Gasteiger partial charge in [0, 0.05) is 24.1 Å². The number of Topliss-reactive ketones (excluding diaryl/α,β-unsaturated/α-hetero) is 1. The number of carbonyl (C=O) groups is 3. The maximum absolute atomic E-state index is 10.9. The number of halogens is 1. The number of amides is 1. The fourth-order valence-corrected chi connectivity index (χ4v) is 1.61. The Morgan fingerprint density at radius 2 is 2.13 bits per heavy atom. The van der Waals surface area contributed by atoms with Gasteiger partial charge in [0.25, 0.3) is 5.78 Å². The third-order valence-corrected chi connectivity index (χ3v) is 2.69. The van der Waals surface area contributed by atoms with E-state index in [4.69, 9.17) is 16.9 Å². The summed E-state index contributed by atoms with van der Waals surface area (Å²) in [4.78, 5) is 35.7. The zero-order valence-electron chi connectivity index (χ0n) is 7.43. The predicted molar refractivity (Wildman–Crippen MR) is 53.1 cm³/mol. The Labute approximate surface area is 93.2 Å². The van der Waals surface area contributed by atoms with Crippen LogP contribution >= 0.6 is 23.1 Å². The highest BCUT2D eigenvalue weighted by atomic mass is 35.5. The van der Waals surface area contributed by atoms with E-state index < -0.39 is 17.7 Å². The van der Waals surface area contributed by atoms with Gasteiger partial charge in [-0.1, -0.05) is 0 Å². The van der Waals surface area contributed by atoms with Crippen LogP contribution in [0.3, 0.4) is 0 Å². The highest BCUT2D eigenvalue weighted by Crippen LogP contribution is 2.22. The van der Waals surface area contributed by atoms with Crippen LogP contribution in [0.2, 0.25) is 0 Å². The first kappa shape index (κ1) is 11.6. The minimum absolute atomic E-state index is 0.0637. The van der Waals surface area contributed by atoms with E-state index in [9.17, 15) is 14.4 Å². The molecule has 0 radical (unpaired) electrons. The van der Waals surface area contributed by atoms with Crippen molar-refractivity contribution < 1.29 is 19.5 Å². The number of thiazole rings is 1. The standard InChI is InChI=1S/C7H5ClN2O4S/c1-3(11)10(8)7-9-4(2-15-7)5(12)6(13)14/h2H,1H3,(H,13,14). The first-order valence-electron chi connectivity index (χ1n) is 3.63. The summed E-state index contributed by atoms with van der Waals surface area (Å²) in [5.41, 5.74) is -0.241. The molecule has 0 fully saturated rings. The molecule has 15 heavy (non-hydrogen) atoms. The van der Waals surface area contributed by atoms with Gasteiger partial charge >= 0.3 is 5.97 Å². The highest BCUT2D eigenvalue weighted by Gasteiger charge is 2.20. The fourth-order valence-electron chi connectivity index (χ4n) is 0.703. The SMILES string of the molecule is CC(=O)N(Cl)c1nc(C(=O)C(=O)O)cs1. The monoisotopic (exact) mass is 248 g/mol. The molecule has 0 aliphatic rings. The largest absolute Gasteiger partial charge is 0.475 e. The Morgan fingerprint density at radius 3 is 2.60 bits per heavy atom. The summed E-state index contributed by atoms with van der Waals surface area (Å²) in [7, 11) is 0. The third-order valence-electron chi connectivity index (χ3n) is 1.36. The molecule has 1 heterocycles. The van der Waals surface area contributed by atoms with E-state index in [1.165, 1.54) is 12.3 Å². The second-order valence-corrected chi connectivity index (χ2v) is 3.62. The Bertz CT molecular complexity index is 430. The van der Waals surface area contributed by atoms with Crippen LogP contribution in [-0.4, -0.2) is 27.8 Å². The average molecular weight is 249 g/mol. The Balaban J connectivity index is 2.95. The Hall–Kier alpha value is -1.47. The lowest BCUT2D eigenvalue weighted by Gasteiger charge is -2.04. The lowest BCUT2D eigenvalue weighted by Crippen LogP contribution is -2.17. The number of aliphatic carboxylic acids is 1. The van der Waals surface area contributed by atoms with Crippen LogP contribution in [0.25, 0.3) is 0 Å². The number of aromatic nitrogens is 1. The van der Waals surface area contributed by atoms with Crippen LogP contribution in [-0.2, 0) is 9.59 Å². The lowest BCUT2D eigenvalue weighted by molar-refractivity contribution is -0.131. The number of nitrogens with zero attached hydrogens (tertiary/aromatic N) is 2. The van der Waals surface area contributed by atoms with Crippen molar-refractivity contribution in [2.75, 3.05) is 4.42 Å². The number of hydrogen-bond donors (Lipinski definition) is 1. The van der Waals surface area contributed by atoms with Gasteiger partial charge in [-0.15, -0.1) is 11.3 Å². The van der Waals surface area contributed by atoms with E-state index in [1.54, 1.807) is 0 Å². The van der Waals surface area contributed by atoms with Gasteiger partial charge in [0.15, 0.2) is 0 Å². The van der Waals surface area contributed by atoms with Crippen molar-refractivity contribution in [2.45, 2.75) is 6.92 Å². The first-order chi connectivity index (χ1) is 6.93. The van der Waals surface area contributed by atoms with Crippen LogP contribution in [0, 0.1) is 0 Å². The molecular weight excluding hydrogens is 244 g/mol. The van der Waals surface area contributed by atoms with Gasteiger partial charge in [-0.05, 0) is 0 Å². The van der Waals surface area contributed by atoms with E-state index in [0.717, 1.165) is 11.3 Å². The van der Waals surface area contributed by atoms with Gasteiger partial charge in [-0.25, -0.2) is 9.78 Å². The quantitative estimate of drug-likeness (QED) is 0.488. The van der Waals surface area contributed by atoms with Crippen molar-refractivity contribution in [3.63, 3.8) is 0 Å². The fraction of sp³-hybridized carbons (Fsp3) is 0.143. The number of rotatable bonds is 3. The molecule has 1 aromatic heterocycles. The second kappa shape index (κ2) is 4.37. The molecule has 80 valence electrons. The minimum Gasteiger partial charge on any atom is -0.475 e. The molecule has 0 saturated carbocycles. The molecule has 0 aliphatic carbocycles. The molecule has 0 unspecified atom stereocenters. The second-order valence-electron chi connectivity index (χ2n) is 2.45. The van der Waals surface area contributed by atoms with E-state index >= 15 is 0 Å². The van der Waals surface area contributed by atoms with Crippen LogP contribution in [0.5, 0.6) is 0 Å². The van der Waals surface area contributed by atoms with Gasteiger partial charge in [0.1, 0.15) is 5.69 Å². The van der Waals surface area contributed by atoms with Crippen molar-refractivity contribution in [3.8, 4) is 0 Å². The van der Waals surface area contributed by atoms with Crippen molar-refractivity contribution in [3.05, 3.63) is 11.1 Å². The number of hydrogen-bond acceptors (Lipinski definition) is 5. The van der Waals surface area contributed by atoms with Crippen LogP contribution < -0.4 is 4.42 Å². The molecule has 1 rings (SSSR count). The summed E-state index contributed by atoms with van der Waals surface area (Å²) in [6.07, 6.45) is 0. The maximum atomic E-state index is 10.9. The Kier molecular flexibility index (Phi) is 3.38. The van der Waals surface area contributed by atoms with Gasteiger partial charge in [0.2, 0.25) is 11.0 Å². The number of carboxylic acids is 1. The van der Waals surface area contributed by atoms with Gasteiger partial charge in [0.05, 0.1) is 0 Å². The molecule has 0 spiro atoms. The average Bonchev–Trinajstić information content (AvgIpc) is 2.63. The van der Waals surface area contributed by atoms with E-state index in [1.807, 2.05) is 0 Å². The molecule has 0 aliphatic heterocycles. The summed E-state index contributed by atoms with van der Waals surface area (Å²) >= 11 is 6.42. The molecule has 1 aromatic rings. The lowest BCUT2D eigenvalue weighted by atomic mass is 10.3. The maximum Gasteiger partial charge on any atom is 0.378 e. The smallest absolute Gasteiger partial charge is 0.378 e. The number of carboxylic acid groups (broad SMARTS) is 1. The Morgan fingerprint density at radius 1 is 1.53 bits per heavy atom. The number of carbonyl (C=O) groups excluding carboxylic acids is 2. The van der Waals surface area contributed by atoms with E-state index in [2.05, 4.69) is 4.98 Å². The zero-order valence-corrected chi connectivity index (χ0v) is 9.00. The molecule has 0 bridgehead atoms. The summed E-state index contributed by atoms with van der Waals surface area (Å²) in [5.74, 6) is -3.21. The summed E-state index contributed by atoms with van der Waals surface area (Å²) in [5, 5.41) is 9.68. The predicted octanol–water partition coefficient (Wildman–Crippen LogP) is 0.917. The summed E-state index contributed by atoms with van der Waals surface area (Å²) in [6, 6.07) is 0. The highest BCUT2D eigenvalue weighted by molar-refractivity contribution is 7.14. The van der Waals surface area contributed by atoms with Gasteiger partial charge < -0.3 is 5.11 Å². The normalized spacial score (nSPS) is 9.73. The van der Waals surface area contributed by atoms with E-state index in [0.29, 0.717) is 4.42 Å².